The van der Waals surface area contributed by atoms with Crippen LogP contribution in [0.5, 0.6) is 0 Å². The fourth-order valence-electron chi connectivity index (χ4n) is 1.76. The van der Waals surface area contributed by atoms with Crippen molar-refractivity contribution in [3.8, 4) is 5.82 Å². The van der Waals surface area contributed by atoms with Gasteiger partial charge in [0, 0.05) is 10.7 Å². The van der Waals surface area contributed by atoms with Gasteiger partial charge in [-0.1, -0.05) is 0 Å². The summed E-state index contributed by atoms with van der Waals surface area (Å²) in [5.74, 6) is 0.445. The first-order valence-corrected chi connectivity index (χ1v) is 5.99. The van der Waals surface area contributed by atoms with Crippen molar-refractivity contribution in [2.75, 3.05) is 5.73 Å². The molecule has 0 fully saturated rings. The molecular weight excluding hydrogens is 322 g/mol. The number of nitrogens with one attached hydrogen (secondary N) is 1. The minimum absolute atomic E-state index is 0.0636. The Labute approximate surface area is 113 Å². The van der Waals surface area contributed by atoms with E-state index in [0.717, 1.165) is 4.47 Å². The standard InChI is InChI=1S/C10H7BrF2N6/c11-4-1-2-5(15-3-4)19-10-6(9(14)16-17-10)7(18-19)8(12)13/h1-3,8H,(H3,14,16,17). The molecule has 0 amide bonds. The molecule has 3 aromatic heterocycles. The second-order valence-electron chi connectivity index (χ2n) is 3.77. The van der Waals surface area contributed by atoms with Crippen LogP contribution in [0, 0.1) is 0 Å². The maximum atomic E-state index is 12.9. The fourth-order valence-corrected chi connectivity index (χ4v) is 2.00. The number of hydrogen-bond donors (Lipinski definition) is 2. The van der Waals surface area contributed by atoms with Gasteiger partial charge in [0.1, 0.15) is 11.5 Å². The molecule has 0 aromatic carbocycles. The van der Waals surface area contributed by atoms with Gasteiger partial charge in [-0.25, -0.2) is 13.8 Å². The molecule has 0 unspecified atom stereocenters. The van der Waals surface area contributed by atoms with Crippen molar-refractivity contribution >= 4 is 32.8 Å². The smallest absolute Gasteiger partial charge is 0.282 e. The predicted octanol–water partition coefficient (Wildman–Crippen LogP) is 2.43. The molecule has 0 bridgehead atoms. The quantitative estimate of drug-likeness (QED) is 0.756. The zero-order valence-corrected chi connectivity index (χ0v) is 10.9. The van der Waals surface area contributed by atoms with Crippen molar-refractivity contribution in [2.24, 2.45) is 0 Å². The lowest BCUT2D eigenvalue weighted by Gasteiger charge is -2.00. The van der Waals surface area contributed by atoms with Crippen LogP contribution in [0.15, 0.2) is 22.8 Å². The minimum Gasteiger partial charge on any atom is -0.383 e. The second-order valence-corrected chi connectivity index (χ2v) is 4.68. The Morgan fingerprint density at radius 2 is 2.16 bits per heavy atom. The van der Waals surface area contributed by atoms with Gasteiger partial charge >= 0.3 is 0 Å². The van der Waals surface area contributed by atoms with E-state index in [1.165, 1.54) is 4.68 Å². The number of H-pyrrole nitrogens is 1. The van der Waals surface area contributed by atoms with E-state index in [0.29, 0.717) is 5.82 Å². The number of nitrogens with zero attached hydrogens (tertiary/aromatic N) is 4. The summed E-state index contributed by atoms with van der Waals surface area (Å²) in [4.78, 5) is 4.09. The number of alkyl halides is 2. The number of aromatic nitrogens is 5. The van der Waals surface area contributed by atoms with Crippen LogP contribution in [0.3, 0.4) is 0 Å². The van der Waals surface area contributed by atoms with Gasteiger partial charge in [-0.05, 0) is 28.1 Å². The molecule has 3 N–H and O–H groups in total. The molecule has 0 spiro atoms. The van der Waals surface area contributed by atoms with Gasteiger partial charge in [-0.3, -0.25) is 5.10 Å². The van der Waals surface area contributed by atoms with Crippen molar-refractivity contribution in [3.63, 3.8) is 0 Å². The first kappa shape index (κ1) is 12.0. The summed E-state index contributed by atoms with van der Waals surface area (Å²) in [6.07, 6.45) is -1.19. The molecule has 19 heavy (non-hydrogen) atoms. The van der Waals surface area contributed by atoms with Crippen LogP contribution >= 0.6 is 15.9 Å². The summed E-state index contributed by atoms with van der Waals surface area (Å²) >= 11 is 3.25. The Morgan fingerprint density at radius 1 is 1.37 bits per heavy atom. The average Bonchev–Trinajstić information content (AvgIpc) is 2.92. The fraction of sp³-hybridized carbons (Fsp3) is 0.100. The summed E-state index contributed by atoms with van der Waals surface area (Å²) in [7, 11) is 0. The number of rotatable bonds is 2. The largest absolute Gasteiger partial charge is 0.383 e. The third-order valence-corrected chi connectivity index (χ3v) is 3.04. The van der Waals surface area contributed by atoms with E-state index in [1.54, 1.807) is 18.3 Å². The van der Waals surface area contributed by atoms with Gasteiger partial charge in [0.25, 0.3) is 6.43 Å². The number of hydrogen-bond acceptors (Lipinski definition) is 4. The van der Waals surface area contributed by atoms with Crippen LogP contribution in [0.1, 0.15) is 12.1 Å². The third-order valence-electron chi connectivity index (χ3n) is 2.58. The van der Waals surface area contributed by atoms with Crippen LogP contribution in [0.4, 0.5) is 14.6 Å². The third kappa shape index (κ3) is 1.86. The molecule has 0 aliphatic carbocycles. The number of pyridine rings is 1. The highest BCUT2D eigenvalue weighted by atomic mass is 79.9. The number of nitrogen functional groups attached to an aromatic ring is 1. The van der Waals surface area contributed by atoms with Gasteiger partial charge in [-0.15, -0.1) is 0 Å². The lowest BCUT2D eigenvalue weighted by atomic mass is 10.3. The molecule has 3 aromatic rings. The van der Waals surface area contributed by atoms with Crippen LogP contribution in [-0.2, 0) is 0 Å². The van der Waals surface area contributed by atoms with E-state index in [4.69, 9.17) is 5.73 Å². The summed E-state index contributed by atoms with van der Waals surface area (Å²) < 4.78 is 27.9. The Hall–Kier alpha value is -2.03. The van der Waals surface area contributed by atoms with Gasteiger partial charge in [-0.2, -0.15) is 14.9 Å². The van der Waals surface area contributed by atoms with Crippen molar-refractivity contribution in [3.05, 3.63) is 28.5 Å². The van der Waals surface area contributed by atoms with Gasteiger partial charge in [0.2, 0.25) is 0 Å². The Balaban J connectivity index is 2.27. The summed E-state index contributed by atoms with van der Waals surface area (Å²) in [6.45, 7) is 0. The van der Waals surface area contributed by atoms with Crippen LogP contribution < -0.4 is 5.73 Å². The molecule has 9 heteroatoms. The molecular formula is C10H7BrF2N6. The predicted molar refractivity (Wildman–Crippen MR) is 68.1 cm³/mol. The highest BCUT2D eigenvalue weighted by Gasteiger charge is 2.23. The van der Waals surface area contributed by atoms with Crippen LogP contribution in [0.2, 0.25) is 0 Å². The van der Waals surface area contributed by atoms with Gasteiger partial charge < -0.3 is 5.73 Å². The molecule has 0 saturated heterocycles. The van der Waals surface area contributed by atoms with Crippen molar-refractivity contribution in [2.45, 2.75) is 6.43 Å². The summed E-state index contributed by atoms with van der Waals surface area (Å²) in [5, 5.41) is 10.3. The maximum Gasteiger partial charge on any atom is 0.282 e. The summed E-state index contributed by atoms with van der Waals surface area (Å²) in [6, 6.07) is 3.37. The topological polar surface area (TPSA) is 85.4 Å². The number of fused-ring (bicyclic) bond motifs is 1. The number of aromatic amines is 1. The first-order chi connectivity index (χ1) is 9.08. The van der Waals surface area contributed by atoms with Gasteiger partial charge in [0.05, 0.1) is 5.39 Å². The molecule has 98 valence electrons. The lowest BCUT2D eigenvalue weighted by molar-refractivity contribution is 0.147. The van der Waals surface area contributed by atoms with E-state index in [9.17, 15) is 8.78 Å². The van der Waals surface area contributed by atoms with E-state index in [2.05, 4.69) is 36.2 Å². The van der Waals surface area contributed by atoms with E-state index in [-0.39, 0.29) is 16.9 Å². The molecule has 0 atom stereocenters. The molecule has 0 aliphatic heterocycles. The highest BCUT2D eigenvalue weighted by Crippen LogP contribution is 2.30. The molecule has 0 radical (unpaired) electrons. The van der Waals surface area contributed by atoms with E-state index >= 15 is 0 Å². The van der Waals surface area contributed by atoms with E-state index < -0.39 is 12.1 Å². The minimum atomic E-state index is -2.74. The maximum absolute atomic E-state index is 12.9. The lowest BCUT2D eigenvalue weighted by Crippen LogP contribution is -2.01. The highest BCUT2D eigenvalue weighted by molar-refractivity contribution is 9.10. The zero-order valence-electron chi connectivity index (χ0n) is 9.31. The number of nitrogens with two attached hydrogens (primary N) is 1. The Kier molecular flexibility index (Phi) is 2.70. The normalized spacial score (nSPS) is 11.6. The van der Waals surface area contributed by atoms with Crippen LogP contribution in [-0.4, -0.2) is 25.0 Å². The summed E-state index contributed by atoms with van der Waals surface area (Å²) in [5.41, 5.74) is 5.41. The molecule has 6 nitrogen and oxygen atoms in total. The zero-order chi connectivity index (χ0) is 13.6. The van der Waals surface area contributed by atoms with Crippen molar-refractivity contribution < 1.29 is 8.78 Å². The SMILES string of the molecule is Nc1[nH]nc2c1c(C(F)F)nn2-c1ccc(Br)cn1. The molecule has 3 heterocycles. The molecule has 3 rings (SSSR count). The van der Waals surface area contributed by atoms with Gasteiger partial charge in [0.15, 0.2) is 11.5 Å². The molecule has 0 saturated carbocycles. The van der Waals surface area contributed by atoms with Crippen molar-refractivity contribution in [1.82, 2.24) is 25.0 Å². The van der Waals surface area contributed by atoms with Crippen LogP contribution in [0.25, 0.3) is 16.9 Å². The Bertz CT molecular complexity index is 732. The number of anilines is 1. The Morgan fingerprint density at radius 3 is 2.79 bits per heavy atom. The number of halogens is 3. The van der Waals surface area contributed by atoms with E-state index in [1.807, 2.05) is 0 Å². The first-order valence-electron chi connectivity index (χ1n) is 5.20. The second kappa shape index (κ2) is 4.26. The monoisotopic (exact) mass is 328 g/mol. The average molecular weight is 329 g/mol. The molecule has 0 aliphatic rings. The van der Waals surface area contributed by atoms with Crippen molar-refractivity contribution in [1.29, 1.82) is 0 Å².